The predicted molar refractivity (Wildman–Crippen MR) is 126 cm³/mol. The van der Waals surface area contributed by atoms with Crippen molar-refractivity contribution in [1.29, 1.82) is 0 Å². The zero-order valence-electron chi connectivity index (χ0n) is 18.3. The minimum Gasteiger partial charge on any atom is -0.460 e. The summed E-state index contributed by atoms with van der Waals surface area (Å²) in [7, 11) is 0. The number of ether oxygens (including phenoxy) is 2. The van der Waals surface area contributed by atoms with Crippen LogP contribution in [-0.2, 0) is 4.79 Å². The number of carbonyl (C=O) groups excluding carboxylic acids is 1. The maximum absolute atomic E-state index is 12.8. The number of hydrogen-bond acceptors (Lipinski definition) is 7. The molecule has 0 N–H and O–H groups in total. The van der Waals surface area contributed by atoms with Gasteiger partial charge in [0.25, 0.3) is 5.69 Å². The monoisotopic (exact) mass is 457 g/mol. The summed E-state index contributed by atoms with van der Waals surface area (Å²) in [5, 5.41) is 11.1. The number of hydrogen-bond donors (Lipinski definition) is 0. The molecule has 34 heavy (non-hydrogen) atoms. The van der Waals surface area contributed by atoms with Crippen LogP contribution in [0.15, 0.2) is 82.2 Å². The Morgan fingerprint density at radius 1 is 1.00 bits per heavy atom. The van der Waals surface area contributed by atoms with Gasteiger partial charge in [-0.15, -0.1) is 0 Å². The topological polar surface area (TPSA) is 109 Å². The molecule has 0 bridgehead atoms. The highest BCUT2D eigenvalue weighted by molar-refractivity contribution is 5.89. The van der Waals surface area contributed by atoms with Gasteiger partial charge in [0.05, 0.1) is 10.3 Å². The maximum atomic E-state index is 12.8. The SMILES string of the molecule is Cc1cc(C)cc(Oc2coc3cc(OC(=O)/C=C/c4cccc([N+](=O)[O-])c4)ccc3c2=O)c1. The lowest BCUT2D eigenvalue weighted by molar-refractivity contribution is -0.384. The molecule has 0 unspecified atom stereocenters. The normalized spacial score (nSPS) is 11.0. The lowest BCUT2D eigenvalue weighted by Gasteiger charge is -2.08. The maximum Gasteiger partial charge on any atom is 0.336 e. The third-order valence-corrected chi connectivity index (χ3v) is 4.85. The summed E-state index contributed by atoms with van der Waals surface area (Å²) in [4.78, 5) is 35.3. The van der Waals surface area contributed by atoms with Crippen LogP contribution in [0.1, 0.15) is 16.7 Å². The highest BCUT2D eigenvalue weighted by Gasteiger charge is 2.12. The summed E-state index contributed by atoms with van der Waals surface area (Å²) < 4.78 is 16.5. The number of non-ortho nitro benzene ring substituents is 1. The summed E-state index contributed by atoms with van der Waals surface area (Å²) in [6.07, 6.45) is 3.78. The summed E-state index contributed by atoms with van der Waals surface area (Å²) in [5.74, 6) is 0.0580. The Morgan fingerprint density at radius 3 is 2.50 bits per heavy atom. The molecule has 0 aliphatic carbocycles. The minimum atomic E-state index is -0.692. The quantitative estimate of drug-likeness (QED) is 0.120. The largest absolute Gasteiger partial charge is 0.460 e. The van der Waals surface area contributed by atoms with E-state index < -0.39 is 10.9 Å². The van der Waals surface area contributed by atoms with Gasteiger partial charge >= 0.3 is 5.97 Å². The van der Waals surface area contributed by atoms with Gasteiger partial charge in [0.15, 0.2) is 0 Å². The third-order valence-electron chi connectivity index (χ3n) is 4.85. The van der Waals surface area contributed by atoms with Crippen molar-refractivity contribution in [2.75, 3.05) is 0 Å². The number of nitro benzene ring substituents is 1. The van der Waals surface area contributed by atoms with Crippen molar-refractivity contribution in [3.63, 3.8) is 0 Å². The van der Waals surface area contributed by atoms with Crippen LogP contribution >= 0.6 is 0 Å². The van der Waals surface area contributed by atoms with Crippen LogP contribution in [0.25, 0.3) is 17.0 Å². The van der Waals surface area contributed by atoms with Gasteiger partial charge in [-0.2, -0.15) is 0 Å². The first-order valence-electron chi connectivity index (χ1n) is 10.2. The summed E-state index contributed by atoms with van der Waals surface area (Å²) in [6, 6.07) is 15.9. The van der Waals surface area contributed by atoms with Crippen LogP contribution < -0.4 is 14.9 Å². The smallest absolute Gasteiger partial charge is 0.336 e. The predicted octanol–water partition coefficient (Wildman–Crippen LogP) is 5.73. The highest BCUT2D eigenvalue weighted by atomic mass is 16.6. The lowest BCUT2D eigenvalue weighted by atomic mass is 10.1. The molecule has 0 amide bonds. The average molecular weight is 457 g/mol. The molecule has 1 aromatic heterocycles. The first kappa shape index (κ1) is 22.5. The van der Waals surface area contributed by atoms with E-state index in [0.717, 1.165) is 17.2 Å². The number of nitrogens with zero attached hydrogens (tertiary/aromatic N) is 1. The van der Waals surface area contributed by atoms with E-state index >= 15 is 0 Å². The number of fused-ring (bicyclic) bond motifs is 1. The van der Waals surface area contributed by atoms with E-state index in [1.807, 2.05) is 32.0 Å². The van der Waals surface area contributed by atoms with Gasteiger partial charge in [0, 0.05) is 24.3 Å². The fraction of sp³-hybridized carbons (Fsp3) is 0.0769. The van der Waals surface area contributed by atoms with Crippen LogP contribution in [0, 0.1) is 24.0 Å². The first-order valence-corrected chi connectivity index (χ1v) is 10.2. The molecule has 0 aliphatic heterocycles. The second-order valence-corrected chi connectivity index (χ2v) is 7.62. The van der Waals surface area contributed by atoms with Crippen molar-refractivity contribution in [2.24, 2.45) is 0 Å². The van der Waals surface area contributed by atoms with Crippen molar-refractivity contribution >= 4 is 28.7 Å². The molecule has 0 saturated carbocycles. The van der Waals surface area contributed by atoms with Crippen LogP contribution in [-0.4, -0.2) is 10.9 Å². The van der Waals surface area contributed by atoms with Gasteiger partial charge in [-0.05, 0) is 60.9 Å². The number of aryl methyl sites for hydroxylation is 2. The molecule has 0 spiro atoms. The van der Waals surface area contributed by atoms with Gasteiger partial charge in [0.2, 0.25) is 11.2 Å². The van der Waals surface area contributed by atoms with Crippen LogP contribution in [0.5, 0.6) is 17.2 Å². The van der Waals surface area contributed by atoms with E-state index in [0.29, 0.717) is 11.3 Å². The van der Waals surface area contributed by atoms with Gasteiger partial charge < -0.3 is 13.9 Å². The van der Waals surface area contributed by atoms with Crippen LogP contribution in [0.3, 0.4) is 0 Å². The van der Waals surface area contributed by atoms with Crippen molar-refractivity contribution in [2.45, 2.75) is 13.8 Å². The Hall–Kier alpha value is -4.72. The summed E-state index contributed by atoms with van der Waals surface area (Å²) >= 11 is 0. The lowest BCUT2D eigenvalue weighted by Crippen LogP contribution is -2.06. The van der Waals surface area contributed by atoms with Crippen LogP contribution in [0.4, 0.5) is 5.69 Å². The zero-order chi connectivity index (χ0) is 24.2. The van der Waals surface area contributed by atoms with Crippen molar-refractivity contribution in [3.8, 4) is 17.2 Å². The molecule has 1 heterocycles. The van der Waals surface area contributed by atoms with Gasteiger partial charge in [0.1, 0.15) is 23.3 Å². The Bertz CT molecular complexity index is 1480. The molecule has 170 valence electrons. The molecule has 8 heteroatoms. The number of nitro groups is 1. The fourth-order valence-corrected chi connectivity index (χ4v) is 3.40. The number of carbonyl (C=O) groups is 1. The Balaban J connectivity index is 1.51. The fourth-order valence-electron chi connectivity index (χ4n) is 3.40. The van der Waals surface area contributed by atoms with Crippen molar-refractivity contribution in [3.05, 3.63) is 110 Å². The van der Waals surface area contributed by atoms with E-state index in [1.54, 1.807) is 6.07 Å². The van der Waals surface area contributed by atoms with E-state index in [1.165, 1.54) is 48.7 Å². The summed E-state index contributed by atoms with van der Waals surface area (Å²) in [5.41, 5.74) is 2.28. The van der Waals surface area contributed by atoms with Gasteiger partial charge in [-0.3, -0.25) is 14.9 Å². The standard InChI is InChI=1S/C26H19NO7/c1-16-10-17(2)12-21(11-16)33-24-15-32-23-14-20(7-8-22(23)26(24)29)34-25(28)9-6-18-4-3-5-19(13-18)27(30)31/h3-15H,1-2H3/b9-6+. The Morgan fingerprint density at radius 2 is 1.76 bits per heavy atom. The molecule has 4 aromatic rings. The molecular formula is C26H19NO7. The highest BCUT2D eigenvalue weighted by Crippen LogP contribution is 2.25. The molecule has 8 nitrogen and oxygen atoms in total. The second-order valence-electron chi connectivity index (χ2n) is 7.62. The molecule has 3 aromatic carbocycles. The van der Waals surface area contributed by atoms with Gasteiger partial charge in [-0.25, -0.2) is 4.79 Å². The van der Waals surface area contributed by atoms with E-state index in [-0.39, 0.29) is 33.6 Å². The van der Waals surface area contributed by atoms with Crippen molar-refractivity contribution in [1.82, 2.24) is 0 Å². The van der Waals surface area contributed by atoms with E-state index in [9.17, 15) is 19.7 Å². The van der Waals surface area contributed by atoms with E-state index in [4.69, 9.17) is 13.9 Å². The first-order chi connectivity index (χ1) is 16.3. The molecule has 0 radical (unpaired) electrons. The van der Waals surface area contributed by atoms with E-state index in [2.05, 4.69) is 0 Å². The second kappa shape index (κ2) is 9.41. The molecular weight excluding hydrogens is 438 g/mol. The Kier molecular flexibility index (Phi) is 6.22. The van der Waals surface area contributed by atoms with Crippen molar-refractivity contribution < 1.29 is 23.6 Å². The number of esters is 1. The number of benzene rings is 3. The molecule has 0 aliphatic rings. The zero-order valence-corrected chi connectivity index (χ0v) is 18.3. The molecule has 0 fully saturated rings. The minimum absolute atomic E-state index is 0.0436. The molecule has 0 saturated heterocycles. The average Bonchev–Trinajstić information content (AvgIpc) is 2.79. The van der Waals surface area contributed by atoms with Crippen LogP contribution in [0.2, 0.25) is 0 Å². The molecule has 4 rings (SSSR count). The third kappa shape index (κ3) is 5.18. The van der Waals surface area contributed by atoms with Gasteiger partial charge in [-0.1, -0.05) is 18.2 Å². The Labute approximate surface area is 193 Å². The summed E-state index contributed by atoms with van der Waals surface area (Å²) in [6.45, 7) is 3.87. The molecule has 0 atom stereocenters. The number of rotatable bonds is 6.